The summed E-state index contributed by atoms with van der Waals surface area (Å²) < 4.78 is 4.64. The summed E-state index contributed by atoms with van der Waals surface area (Å²) in [5.41, 5.74) is 10.9. The molecule has 0 atom stereocenters. The maximum atomic E-state index is 5.42. The van der Waals surface area contributed by atoms with E-state index in [9.17, 15) is 0 Å². The van der Waals surface area contributed by atoms with Crippen molar-refractivity contribution in [3.63, 3.8) is 0 Å². The number of nitrogens with zero attached hydrogens (tertiary/aromatic N) is 4. The van der Waals surface area contributed by atoms with Crippen LogP contribution >= 0.6 is 0 Å². The van der Waals surface area contributed by atoms with E-state index in [1.807, 2.05) is 0 Å². The fourth-order valence-corrected chi connectivity index (χ4v) is 8.91. The molecule has 12 aromatic rings. The number of para-hydroxylation sites is 3. The number of hydrogen-bond donors (Lipinski definition) is 0. The normalized spacial score (nSPS) is 11.9. The van der Waals surface area contributed by atoms with Crippen molar-refractivity contribution < 1.29 is 0 Å². The summed E-state index contributed by atoms with van der Waals surface area (Å²) in [4.78, 5) is 10.7. The predicted octanol–water partition coefficient (Wildman–Crippen LogP) is 13.5. The van der Waals surface area contributed by atoms with Gasteiger partial charge in [0.1, 0.15) is 0 Å². The van der Waals surface area contributed by atoms with E-state index in [1.165, 1.54) is 59.7 Å². The first-order valence-corrected chi connectivity index (χ1v) is 19.1. The van der Waals surface area contributed by atoms with E-state index in [2.05, 4.69) is 203 Å². The van der Waals surface area contributed by atoms with Crippen molar-refractivity contribution in [3.8, 4) is 34.0 Å². The average Bonchev–Trinajstić information content (AvgIpc) is 3.78. The highest BCUT2D eigenvalue weighted by molar-refractivity contribution is 6.22. The molecule has 4 heteroatoms. The Balaban J connectivity index is 1.12. The highest BCUT2D eigenvalue weighted by atomic mass is 15.2. The van der Waals surface area contributed by atoms with Crippen LogP contribution in [0.15, 0.2) is 194 Å². The first kappa shape index (κ1) is 30.9. The minimum absolute atomic E-state index is 0.656. The predicted molar refractivity (Wildman–Crippen MR) is 234 cm³/mol. The Bertz CT molecular complexity index is 3540. The molecular formula is C52H32N4. The van der Waals surface area contributed by atoms with Gasteiger partial charge in [-0.25, -0.2) is 9.97 Å². The lowest BCUT2D eigenvalue weighted by molar-refractivity contribution is 1.01. The zero-order valence-corrected chi connectivity index (χ0v) is 30.3. The second-order valence-electron chi connectivity index (χ2n) is 14.6. The lowest BCUT2D eigenvalue weighted by Crippen LogP contribution is -2.03. The van der Waals surface area contributed by atoms with Gasteiger partial charge in [-0.05, 0) is 87.3 Å². The molecule has 0 aliphatic rings. The van der Waals surface area contributed by atoms with E-state index >= 15 is 0 Å². The van der Waals surface area contributed by atoms with Crippen molar-refractivity contribution in [1.29, 1.82) is 0 Å². The molecule has 0 amide bonds. The number of hydrogen-bond acceptors (Lipinski definition) is 2. The summed E-state index contributed by atoms with van der Waals surface area (Å²) in [5.74, 6) is 0.656. The molecule has 9 aromatic carbocycles. The quantitative estimate of drug-likeness (QED) is 0.182. The Labute approximate surface area is 322 Å². The van der Waals surface area contributed by atoms with E-state index in [-0.39, 0.29) is 0 Å². The molecule has 0 N–H and O–H groups in total. The van der Waals surface area contributed by atoms with Gasteiger partial charge in [0.05, 0.1) is 33.3 Å². The van der Waals surface area contributed by atoms with E-state index in [0.29, 0.717) is 5.95 Å². The van der Waals surface area contributed by atoms with Gasteiger partial charge in [-0.3, -0.25) is 4.57 Å². The number of aromatic nitrogens is 4. The van der Waals surface area contributed by atoms with Crippen LogP contribution in [0, 0.1) is 0 Å². The maximum absolute atomic E-state index is 5.42. The SMILES string of the molecule is c1ccc(-n2c3ccccc3c3ccc(-c4ccc5c(c4)c4c6ccccc6ccc4n5-c4nc(-c5ccc6ccccc6c5)c5ccccc5n4)cc32)cc1. The summed E-state index contributed by atoms with van der Waals surface area (Å²) >= 11 is 0. The van der Waals surface area contributed by atoms with E-state index in [1.54, 1.807) is 0 Å². The Morgan fingerprint density at radius 3 is 1.84 bits per heavy atom. The van der Waals surface area contributed by atoms with Crippen molar-refractivity contribution in [2.75, 3.05) is 0 Å². The molecule has 3 aromatic heterocycles. The summed E-state index contributed by atoms with van der Waals surface area (Å²) in [6.07, 6.45) is 0. The lowest BCUT2D eigenvalue weighted by atomic mass is 9.99. The van der Waals surface area contributed by atoms with Crippen LogP contribution in [0.5, 0.6) is 0 Å². The largest absolute Gasteiger partial charge is 0.309 e. The summed E-state index contributed by atoms with van der Waals surface area (Å²) in [6.45, 7) is 0. The first-order chi connectivity index (χ1) is 27.8. The van der Waals surface area contributed by atoms with Gasteiger partial charge in [0.25, 0.3) is 0 Å². The second-order valence-corrected chi connectivity index (χ2v) is 14.6. The van der Waals surface area contributed by atoms with Gasteiger partial charge in [-0.1, -0.05) is 140 Å². The zero-order chi connectivity index (χ0) is 36.7. The average molecular weight is 713 g/mol. The molecule has 0 saturated heterocycles. The minimum atomic E-state index is 0.656. The third kappa shape index (κ3) is 4.60. The smallest absolute Gasteiger partial charge is 0.235 e. The topological polar surface area (TPSA) is 35.6 Å². The molecule has 0 bridgehead atoms. The highest BCUT2D eigenvalue weighted by Gasteiger charge is 2.20. The van der Waals surface area contributed by atoms with Gasteiger partial charge in [0, 0.05) is 38.2 Å². The Kier molecular flexibility index (Phi) is 6.60. The molecule has 0 saturated carbocycles. The van der Waals surface area contributed by atoms with Crippen LogP contribution in [-0.4, -0.2) is 19.1 Å². The van der Waals surface area contributed by atoms with Gasteiger partial charge >= 0.3 is 0 Å². The molecule has 0 unspecified atom stereocenters. The molecule has 0 aliphatic heterocycles. The van der Waals surface area contributed by atoms with Gasteiger partial charge < -0.3 is 4.57 Å². The molecule has 12 rings (SSSR count). The third-order valence-corrected chi connectivity index (χ3v) is 11.5. The summed E-state index contributed by atoms with van der Waals surface area (Å²) in [6, 6.07) is 69.7. The van der Waals surface area contributed by atoms with Crippen LogP contribution in [0.25, 0.3) is 110 Å². The van der Waals surface area contributed by atoms with E-state index in [4.69, 9.17) is 9.97 Å². The molecule has 4 nitrogen and oxygen atoms in total. The van der Waals surface area contributed by atoms with Crippen LogP contribution in [0.2, 0.25) is 0 Å². The minimum Gasteiger partial charge on any atom is -0.309 e. The van der Waals surface area contributed by atoms with E-state index < -0.39 is 0 Å². The molecule has 0 spiro atoms. The second kappa shape index (κ2) is 12.0. The fraction of sp³-hybridized carbons (Fsp3) is 0. The third-order valence-electron chi connectivity index (χ3n) is 11.5. The van der Waals surface area contributed by atoms with Gasteiger partial charge in [-0.2, -0.15) is 0 Å². The van der Waals surface area contributed by atoms with Crippen molar-refractivity contribution in [2.24, 2.45) is 0 Å². The van der Waals surface area contributed by atoms with Crippen molar-refractivity contribution in [2.45, 2.75) is 0 Å². The molecule has 56 heavy (non-hydrogen) atoms. The Hall–Kier alpha value is -7.56. The molecular weight excluding hydrogens is 681 g/mol. The van der Waals surface area contributed by atoms with Gasteiger partial charge in [0.15, 0.2) is 0 Å². The molecule has 0 aliphatic carbocycles. The van der Waals surface area contributed by atoms with Crippen LogP contribution in [0.4, 0.5) is 0 Å². The van der Waals surface area contributed by atoms with Gasteiger partial charge in [0.2, 0.25) is 5.95 Å². The number of benzene rings is 9. The van der Waals surface area contributed by atoms with Crippen molar-refractivity contribution >= 4 is 76.1 Å². The van der Waals surface area contributed by atoms with Crippen LogP contribution in [-0.2, 0) is 0 Å². The Morgan fingerprint density at radius 1 is 0.321 bits per heavy atom. The number of fused-ring (bicyclic) bond motifs is 10. The van der Waals surface area contributed by atoms with Crippen LogP contribution < -0.4 is 0 Å². The summed E-state index contributed by atoms with van der Waals surface area (Å²) in [7, 11) is 0. The summed E-state index contributed by atoms with van der Waals surface area (Å²) in [5, 5.41) is 10.7. The van der Waals surface area contributed by atoms with Crippen molar-refractivity contribution in [1.82, 2.24) is 19.1 Å². The van der Waals surface area contributed by atoms with Crippen molar-refractivity contribution in [3.05, 3.63) is 194 Å². The molecule has 3 heterocycles. The standard InChI is InChI=1S/C52H32N4/c1-2-15-39(16-3-1)55-46-21-11-9-18-41(46)42-27-24-37(32-49(42)55)36-26-28-47-44(31-36)50-40-17-7-6-13-34(40)25-29-48(50)56(47)52-53-45-20-10-8-19-43(45)51(54-52)38-23-22-33-12-4-5-14-35(33)30-38/h1-32H. The van der Waals surface area contributed by atoms with E-state index in [0.717, 1.165) is 44.4 Å². The number of rotatable bonds is 4. The fourth-order valence-electron chi connectivity index (χ4n) is 8.91. The highest BCUT2D eigenvalue weighted by Crippen LogP contribution is 2.41. The monoisotopic (exact) mass is 712 g/mol. The van der Waals surface area contributed by atoms with Crippen LogP contribution in [0.1, 0.15) is 0 Å². The molecule has 0 fully saturated rings. The first-order valence-electron chi connectivity index (χ1n) is 19.1. The molecule has 0 radical (unpaired) electrons. The van der Waals surface area contributed by atoms with Gasteiger partial charge in [-0.15, -0.1) is 0 Å². The zero-order valence-electron chi connectivity index (χ0n) is 30.3. The Morgan fingerprint density at radius 2 is 0.946 bits per heavy atom. The molecule has 260 valence electrons. The van der Waals surface area contributed by atoms with Crippen LogP contribution in [0.3, 0.4) is 0 Å². The lowest BCUT2D eigenvalue weighted by Gasteiger charge is -2.12. The maximum Gasteiger partial charge on any atom is 0.235 e.